The molecule has 94 valence electrons. The topological polar surface area (TPSA) is 66.0 Å². The summed E-state index contributed by atoms with van der Waals surface area (Å²) in [5.74, 6) is 0.501. The van der Waals surface area contributed by atoms with E-state index in [2.05, 4.69) is 9.97 Å². The van der Waals surface area contributed by atoms with Gasteiger partial charge in [-0.1, -0.05) is 35.5 Å². The lowest BCUT2D eigenvalue weighted by molar-refractivity contribution is 0.444. The average Bonchev–Trinajstić information content (AvgIpc) is 2.30. The van der Waals surface area contributed by atoms with E-state index in [4.69, 9.17) is 11.6 Å². The van der Waals surface area contributed by atoms with Gasteiger partial charge in [0.2, 0.25) is 5.88 Å². The second kappa shape index (κ2) is 5.93. The molecule has 0 amide bonds. The Hall–Kier alpha value is -1.46. The standard InChI is InChI=1S/C12H11ClN2O2S/c13-9-3-1-8(2-4-9)5-6-18-12-14-10(16)7-11(17)15-12/h1-4,7H,5-6H2,(H2,14,15,16,17). The minimum Gasteiger partial charge on any atom is -0.493 e. The van der Waals surface area contributed by atoms with Gasteiger partial charge in [-0.15, -0.1) is 0 Å². The highest BCUT2D eigenvalue weighted by Crippen LogP contribution is 2.16. The summed E-state index contributed by atoms with van der Waals surface area (Å²) in [5, 5.41) is 10.3. The molecule has 0 atom stereocenters. The van der Waals surface area contributed by atoms with Crippen LogP contribution >= 0.6 is 23.4 Å². The maximum Gasteiger partial charge on any atom is 0.255 e. The Kier molecular flexibility index (Phi) is 4.28. The smallest absolute Gasteiger partial charge is 0.255 e. The molecule has 0 saturated heterocycles. The van der Waals surface area contributed by atoms with Crippen molar-refractivity contribution >= 4 is 23.4 Å². The molecule has 0 radical (unpaired) electrons. The molecule has 1 aromatic carbocycles. The molecule has 0 aliphatic carbocycles. The third-order valence-electron chi connectivity index (χ3n) is 2.25. The molecule has 4 nitrogen and oxygen atoms in total. The molecule has 0 saturated carbocycles. The second-order valence-electron chi connectivity index (χ2n) is 3.63. The van der Waals surface area contributed by atoms with Crippen LogP contribution in [0.25, 0.3) is 0 Å². The van der Waals surface area contributed by atoms with E-state index in [1.807, 2.05) is 24.3 Å². The summed E-state index contributed by atoms with van der Waals surface area (Å²) in [5.41, 5.74) is 0.811. The summed E-state index contributed by atoms with van der Waals surface area (Å²) in [6, 6.07) is 8.65. The number of aromatic amines is 1. The zero-order valence-corrected chi connectivity index (χ0v) is 11.0. The summed E-state index contributed by atoms with van der Waals surface area (Å²) in [4.78, 5) is 17.5. The Morgan fingerprint density at radius 1 is 1.33 bits per heavy atom. The lowest BCUT2D eigenvalue weighted by atomic mass is 10.2. The van der Waals surface area contributed by atoms with Gasteiger partial charge in [-0.2, -0.15) is 4.98 Å². The zero-order chi connectivity index (χ0) is 13.0. The molecule has 6 heteroatoms. The number of nitrogens with one attached hydrogen (secondary N) is 1. The number of benzene rings is 1. The van der Waals surface area contributed by atoms with Crippen LogP contribution in [0, 0.1) is 0 Å². The number of aryl methyl sites for hydroxylation is 1. The normalized spacial score (nSPS) is 10.5. The predicted molar refractivity (Wildman–Crippen MR) is 72.4 cm³/mol. The van der Waals surface area contributed by atoms with Crippen molar-refractivity contribution in [3.8, 4) is 5.88 Å². The number of aromatic nitrogens is 2. The fourth-order valence-corrected chi connectivity index (χ4v) is 2.40. The van der Waals surface area contributed by atoms with Gasteiger partial charge in [-0.05, 0) is 24.1 Å². The van der Waals surface area contributed by atoms with Gasteiger partial charge >= 0.3 is 0 Å². The van der Waals surface area contributed by atoms with Crippen molar-refractivity contribution in [2.24, 2.45) is 0 Å². The van der Waals surface area contributed by atoms with Crippen molar-refractivity contribution in [3.05, 3.63) is 51.3 Å². The Morgan fingerprint density at radius 3 is 2.72 bits per heavy atom. The molecular weight excluding hydrogens is 272 g/mol. The number of rotatable bonds is 4. The van der Waals surface area contributed by atoms with E-state index in [1.54, 1.807) is 0 Å². The molecule has 0 spiro atoms. The summed E-state index contributed by atoms with van der Waals surface area (Å²) in [6.45, 7) is 0. The molecule has 0 fully saturated rings. The quantitative estimate of drug-likeness (QED) is 0.668. The SMILES string of the molecule is O=c1cc(O)nc(SCCc2ccc(Cl)cc2)[nH]1. The van der Waals surface area contributed by atoms with Gasteiger partial charge < -0.3 is 10.1 Å². The van der Waals surface area contributed by atoms with Gasteiger partial charge in [0.1, 0.15) is 0 Å². The molecule has 0 bridgehead atoms. The minimum absolute atomic E-state index is 0.257. The van der Waals surface area contributed by atoms with Gasteiger partial charge in [0.25, 0.3) is 5.56 Å². The number of halogens is 1. The molecule has 0 unspecified atom stereocenters. The minimum atomic E-state index is -0.350. The van der Waals surface area contributed by atoms with Crippen LogP contribution in [0.15, 0.2) is 40.3 Å². The highest BCUT2D eigenvalue weighted by atomic mass is 35.5. The number of hydrogen-bond acceptors (Lipinski definition) is 4. The number of H-pyrrole nitrogens is 1. The third-order valence-corrected chi connectivity index (χ3v) is 3.38. The molecule has 0 aliphatic heterocycles. The Morgan fingerprint density at radius 2 is 2.06 bits per heavy atom. The zero-order valence-electron chi connectivity index (χ0n) is 9.39. The van der Waals surface area contributed by atoms with Crippen molar-refractivity contribution in [1.29, 1.82) is 0 Å². The lowest BCUT2D eigenvalue weighted by Gasteiger charge is -2.02. The molecule has 0 aliphatic rings. The monoisotopic (exact) mass is 282 g/mol. The summed E-state index contributed by atoms with van der Waals surface area (Å²) >= 11 is 7.18. The molecule has 18 heavy (non-hydrogen) atoms. The van der Waals surface area contributed by atoms with Crippen LogP contribution in [0.1, 0.15) is 5.56 Å². The predicted octanol–water partition coefficient (Wildman–Crippen LogP) is 2.46. The highest BCUT2D eigenvalue weighted by molar-refractivity contribution is 7.99. The van der Waals surface area contributed by atoms with Crippen molar-refractivity contribution in [3.63, 3.8) is 0 Å². The van der Waals surface area contributed by atoms with Crippen molar-refractivity contribution < 1.29 is 5.11 Å². The van der Waals surface area contributed by atoms with Gasteiger partial charge in [0.05, 0.1) is 6.07 Å². The molecule has 2 N–H and O–H groups in total. The molecular formula is C12H11ClN2O2S. The van der Waals surface area contributed by atoms with Crippen molar-refractivity contribution in [2.75, 3.05) is 5.75 Å². The van der Waals surface area contributed by atoms with Crippen LogP contribution in [0.2, 0.25) is 5.02 Å². The van der Waals surface area contributed by atoms with E-state index in [0.717, 1.165) is 23.8 Å². The molecule has 2 aromatic rings. The first-order valence-corrected chi connectivity index (χ1v) is 6.67. The Labute approximate surface area is 113 Å². The average molecular weight is 283 g/mol. The molecule has 1 aromatic heterocycles. The van der Waals surface area contributed by atoms with E-state index >= 15 is 0 Å². The first kappa shape index (κ1) is 13.0. The second-order valence-corrected chi connectivity index (χ2v) is 5.15. The van der Waals surface area contributed by atoms with Crippen LogP contribution in [-0.2, 0) is 6.42 Å². The number of thioether (sulfide) groups is 1. The lowest BCUT2D eigenvalue weighted by Crippen LogP contribution is -2.06. The summed E-state index contributed by atoms with van der Waals surface area (Å²) < 4.78 is 0. The first-order chi connectivity index (χ1) is 8.63. The number of aromatic hydroxyl groups is 1. The largest absolute Gasteiger partial charge is 0.493 e. The maximum absolute atomic E-state index is 11.1. The van der Waals surface area contributed by atoms with Crippen molar-refractivity contribution in [2.45, 2.75) is 11.6 Å². The van der Waals surface area contributed by atoms with Gasteiger partial charge in [-0.3, -0.25) is 4.79 Å². The van der Waals surface area contributed by atoms with Crippen LogP contribution in [0.4, 0.5) is 0 Å². The molecule has 2 rings (SSSR count). The Balaban J connectivity index is 1.92. The first-order valence-electron chi connectivity index (χ1n) is 5.31. The number of hydrogen-bond donors (Lipinski definition) is 2. The fourth-order valence-electron chi connectivity index (χ4n) is 1.41. The third kappa shape index (κ3) is 3.78. The van der Waals surface area contributed by atoms with Gasteiger partial charge in [0.15, 0.2) is 5.16 Å². The van der Waals surface area contributed by atoms with Gasteiger partial charge in [-0.25, -0.2) is 0 Å². The van der Waals surface area contributed by atoms with Crippen LogP contribution in [0.5, 0.6) is 5.88 Å². The van der Waals surface area contributed by atoms with Gasteiger partial charge in [0, 0.05) is 10.8 Å². The van der Waals surface area contributed by atoms with E-state index in [0.29, 0.717) is 10.2 Å². The van der Waals surface area contributed by atoms with Crippen LogP contribution in [0.3, 0.4) is 0 Å². The van der Waals surface area contributed by atoms with Crippen molar-refractivity contribution in [1.82, 2.24) is 9.97 Å². The fraction of sp³-hybridized carbons (Fsp3) is 0.167. The van der Waals surface area contributed by atoms with Crippen LogP contribution < -0.4 is 5.56 Å². The summed E-state index contributed by atoms with van der Waals surface area (Å²) in [6.07, 6.45) is 0.835. The molecule has 1 heterocycles. The highest BCUT2D eigenvalue weighted by Gasteiger charge is 2.01. The maximum atomic E-state index is 11.1. The van der Waals surface area contributed by atoms with E-state index in [-0.39, 0.29) is 11.4 Å². The van der Waals surface area contributed by atoms with E-state index < -0.39 is 0 Å². The summed E-state index contributed by atoms with van der Waals surface area (Å²) in [7, 11) is 0. The number of nitrogens with zero attached hydrogens (tertiary/aromatic N) is 1. The Bertz CT molecular complexity index is 583. The van der Waals surface area contributed by atoms with E-state index in [1.165, 1.54) is 11.8 Å². The van der Waals surface area contributed by atoms with Crippen LogP contribution in [-0.4, -0.2) is 20.8 Å². The van der Waals surface area contributed by atoms with E-state index in [9.17, 15) is 9.90 Å².